The van der Waals surface area contributed by atoms with Gasteiger partial charge in [-0.25, -0.2) is 0 Å². The van der Waals surface area contributed by atoms with E-state index in [4.69, 9.17) is 11.6 Å². The van der Waals surface area contributed by atoms with Crippen molar-refractivity contribution in [2.45, 2.75) is 6.92 Å². The summed E-state index contributed by atoms with van der Waals surface area (Å²) in [5.74, 6) is 0. The minimum Gasteiger partial charge on any atom is -0.268 e. The van der Waals surface area contributed by atoms with Crippen LogP contribution in [0.15, 0.2) is 16.7 Å². The molecule has 0 saturated carbocycles. The molecule has 0 bridgehead atoms. The molecule has 0 aromatic rings. The summed E-state index contributed by atoms with van der Waals surface area (Å²) in [5.41, 5.74) is 1.36. The Hall–Kier alpha value is -0.300. The lowest BCUT2D eigenvalue weighted by molar-refractivity contribution is 1.60. The van der Waals surface area contributed by atoms with Crippen molar-refractivity contribution in [2.75, 3.05) is 0 Å². The van der Waals surface area contributed by atoms with E-state index in [0.29, 0.717) is 0 Å². The van der Waals surface area contributed by atoms with E-state index in [2.05, 4.69) is 4.99 Å². The second kappa shape index (κ2) is 4.70. The van der Waals surface area contributed by atoms with Crippen LogP contribution in [0.25, 0.3) is 0 Å². The van der Waals surface area contributed by atoms with Crippen LogP contribution in [0, 0.1) is 0 Å². The summed E-state index contributed by atoms with van der Waals surface area (Å²) in [6.45, 7) is 1.83. The number of hydrogen-bond donors (Lipinski definition) is 0. The Labute approximate surface area is 42.3 Å². The number of rotatable bonds is 1. The minimum absolute atomic E-state index is 1.36. The molecule has 0 radical (unpaired) electrons. The van der Waals surface area contributed by atoms with E-state index in [1.807, 2.05) is 6.92 Å². The first-order valence-corrected chi connectivity index (χ1v) is 2.08. The molecule has 0 amide bonds. The van der Waals surface area contributed by atoms with Gasteiger partial charge in [-0.05, 0) is 6.92 Å². The molecule has 0 aromatic heterocycles. The maximum absolute atomic E-state index is 5.09. The fourth-order valence-corrected chi connectivity index (χ4v) is 0.184. The van der Waals surface area contributed by atoms with Crippen LogP contribution in [0.1, 0.15) is 6.92 Å². The van der Waals surface area contributed by atoms with Crippen LogP contribution in [-0.2, 0) is 0 Å². The highest BCUT2D eigenvalue weighted by atomic mass is 35.5. The van der Waals surface area contributed by atoms with Crippen molar-refractivity contribution in [3.05, 3.63) is 11.7 Å². The van der Waals surface area contributed by atoms with E-state index in [1.54, 1.807) is 6.21 Å². The SMILES string of the molecule is CC=N/C=C/Cl. The zero-order valence-corrected chi connectivity index (χ0v) is 4.31. The summed E-state index contributed by atoms with van der Waals surface area (Å²) in [7, 11) is 0. The van der Waals surface area contributed by atoms with Crippen molar-refractivity contribution >= 4 is 17.8 Å². The van der Waals surface area contributed by atoms with Gasteiger partial charge in [-0.2, -0.15) is 0 Å². The van der Waals surface area contributed by atoms with E-state index >= 15 is 0 Å². The molecule has 0 atom stereocenters. The maximum Gasteiger partial charge on any atom is 0.0376 e. The topological polar surface area (TPSA) is 12.4 Å². The average molecular weight is 104 g/mol. The normalized spacial score (nSPS) is 11.7. The maximum atomic E-state index is 5.09. The monoisotopic (exact) mass is 103 g/mol. The molecule has 0 aliphatic heterocycles. The fourth-order valence-electron chi connectivity index (χ4n) is 0.119. The van der Waals surface area contributed by atoms with Crippen LogP contribution in [0.3, 0.4) is 0 Å². The first-order chi connectivity index (χ1) is 2.91. The highest BCUT2D eigenvalue weighted by Crippen LogP contribution is 1.75. The molecule has 0 saturated heterocycles. The second-order valence-electron chi connectivity index (χ2n) is 0.682. The van der Waals surface area contributed by atoms with E-state index in [-0.39, 0.29) is 0 Å². The molecule has 0 aromatic carbocycles. The predicted octanol–water partition coefficient (Wildman–Crippen LogP) is 1.79. The lowest BCUT2D eigenvalue weighted by Crippen LogP contribution is -1.48. The van der Waals surface area contributed by atoms with Crippen LogP contribution >= 0.6 is 11.6 Å². The smallest absolute Gasteiger partial charge is 0.0376 e. The molecule has 0 fully saturated rings. The quantitative estimate of drug-likeness (QED) is 0.449. The van der Waals surface area contributed by atoms with Gasteiger partial charge < -0.3 is 0 Å². The molecule has 0 unspecified atom stereocenters. The molecule has 2 heteroatoms. The summed E-state index contributed by atoms with van der Waals surface area (Å²) < 4.78 is 0. The highest BCUT2D eigenvalue weighted by Gasteiger charge is 1.50. The van der Waals surface area contributed by atoms with Crippen molar-refractivity contribution in [3.8, 4) is 0 Å². The Morgan fingerprint density at radius 2 is 2.33 bits per heavy atom. The fraction of sp³-hybridized carbons (Fsp3) is 0.250. The van der Waals surface area contributed by atoms with Crippen molar-refractivity contribution in [3.63, 3.8) is 0 Å². The van der Waals surface area contributed by atoms with Crippen molar-refractivity contribution in [1.29, 1.82) is 0 Å². The first-order valence-electron chi connectivity index (χ1n) is 1.65. The summed E-state index contributed by atoms with van der Waals surface area (Å²) in [5, 5.41) is 0. The largest absolute Gasteiger partial charge is 0.268 e. The van der Waals surface area contributed by atoms with Gasteiger partial charge in [0, 0.05) is 17.9 Å². The van der Waals surface area contributed by atoms with Gasteiger partial charge in [-0.15, -0.1) is 0 Å². The molecule has 0 spiro atoms. The van der Waals surface area contributed by atoms with Gasteiger partial charge in [0.05, 0.1) is 0 Å². The summed E-state index contributed by atoms with van der Waals surface area (Å²) >= 11 is 5.09. The zero-order chi connectivity index (χ0) is 4.83. The molecule has 0 aliphatic carbocycles. The molecule has 0 aliphatic rings. The number of nitrogens with zero attached hydrogens (tertiary/aromatic N) is 1. The molecular weight excluding hydrogens is 97.5 g/mol. The van der Waals surface area contributed by atoms with Crippen LogP contribution < -0.4 is 0 Å². The molecule has 0 heterocycles. The third kappa shape index (κ3) is 3.70. The van der Waals surface area contributed by atoms with Crippen molar-refractivity contribution in [2.24, 2.45) is 4.99 Å². The number of hydrogen-bond acceptors (Lipinski definition) is 1. The van der Waals surface area contributed by atoms with Gasteiger partial charge in [0.25, 0.3) is 0 Å². The Balaban J connectivity index is 3.07. The Bertz CT molecular complexity index is 55.9. The minimum atomic E-state index is 1.36. The lowest BCUT2D eigenvalue weighted by atomic mass is 10.9. The van der Waals surface area contributed by atoms with Crippen LogP contribution in [0.5, 0.6) is 0 Å². The highest BCUT2D eigenvalue weighted by molar-refractivity contribution is 6.25. The second-order valence-corrected chi connectivity index (χ2v) is 0.934. The molecule has 34 valence electrons. The molecule has 0 rings (SSSR count). The van der Waals surface area contributed by atoms with Gasteiger partial charge in [0.15, 0.2) is 0 Å². The summed E-state index contributed by atoms with van der Waals surface area (Å²) in [4.78, 5) is 3.65. The standard InChI is InChI=1S/C4H6ClN/c1-2-6-4-3-5/h2-4H,1H3/b4-3+,6-2?. The van der Waals surface area contributed by atoms with Crippen LogP contribution in [0.4, 0.5) is 0 Å². The van der Waals surface area contributed by atoms with Gasteiger partial charge in [0.1, 0.15) is 0 Å². The third-order valence-electron chi connectivity index (χ3n) is 0.291. The number of aliphatic imine (C=N–C) groups is 1. The van der Waals surface area contributed by atoms with E-state index in [1.165, 1.54) is 11.7 Å². The number of halogens is 1. The van der Waals surface area contributed by atoms with Gasteiger partial charge in [-0.3, -0.25) is 4.99 Å². The van der Waals surface area contributed by atoms with Crippen LogP contribution in [0.2, 0.25) is 0 Å². The molecule has 6 heavy (non-hydrogen) atoms. The van der Waals surface area contributed by atoms with Crippen molar-refractivity contribution < 1.29 is 0 Å². The Morgan fingerprint density at radius 1 is 1.67 bits per heavy atom. The van der Waals surface area contributed by atoms with E-state index in [9.17, 15) is 0 Å². The predicted molar refractivity (Wildman–Crippen MR) is 29.2 cm³/mol. The van der Waals surface area contributed by atoms with Crippen molar-refractivity contribution in [1.82, 2.24) is 0 Å². The zero-order valence-electron chi connectivity index (χ0n) is 3.56. The Kier molecular flexibility index (Phi) is 4.47. The Morgan fingerprint density at radius 3 is 2.50 bits per heavy atom. The van der Waals surface area contributed by atoms with Crippen LogP contribution in [-0.4, -0.2) is 6.21 Å². The van der Waals surface area contributed by atoms with Gasteiger partial charge >= 0.3 is 0 Å². The lowest BCUT2D eigenvalue weighted by Gasteiger charge is -1.63. The molecular formula is C4H6ClN. The molecule has 0 N–H and O–H groups in total. The molecule has 1 nitrogen and oxygen atoms in total. The average Bonchev–Trinajstić information content (AvgIpc) is 1.61. The third-order valence-corrected chi connectivity index (χ3v) is 0.404. The van der Waals surface area contributed by atoms with Gasteiger partial charge in [0.2, 0.25) is 0 Å². The van der Waals surface area contributed by atoms with E-state index < -0.39 is 0 Å². The van der Waals surface area contributed by atoms with Gasteiger partial charge in [-0.1, -0.05) is 11.6 Å². The summed E-state index contributed by atoms with van der Waals surface area (Å²) in [6, 6.07) is 0. The van der Waals surface area contributed by atoms with E-state index in [0.717, 1.165) is 0 Å². The first kappa shape index (κ1) is 5.70. The summed E-state index contributed by atoms with van der Waals surface area (Å²) in [6.07, 6.45) is 3.18.